The van der Waals surface area contributed by atoms with Crippen molar-refractivity contribution in [3.8, 4) is 0 Å². The van der Waals surface area contributed by atoms with Gasteiger partial charge in [-0.3, -0.25) is 19.2 Å². The lowest BCUT2D eigenvalue weighted by molar-refractivity contribution is -0.146. The highest BCUT2D eigenvalue weighted by atomic mass is 16.4. The van der Waals surface area contributed by atoms with E-state index in [2.05, 4.69) is 10.6 Å². The molecule has 0 unspecified atom stereocenters. The molecule has 0 spiro atoms. The molecule has 2 heterocycles. The van der Waals surface area contributed by atoms with Gasteiger partial charge in [0, 0.05) is 20.0 Å². The number of aliphatic hydroxyl groups excluding tert-OH is 2. The predicted octanol–water partition coefficient (Wildman–Crippen LogP) is -2.97. The molecule has 2 aliphatic rings. The Morgan fingerprint density at radius 2 is 1.33 bits per heavy atom. The highest BCUT2D eigenvalue weighted by Gasteiger charge is 2.40. The fraction of sp³-hybridized carbons (Fsp3) is 0.722. The molecule has 2 fully saturated rings. The van der Waals surface area contributed by atoms with Crippen molar-refractivity contribution >= 4 is 29.6 Å². The fourth-order valence-corrected chi connectivity index (χ4v) is 3.83. The summed E-state index contributed by atoms with van der Waals surface area (Å²) in [6.45, 7) is 0.491. The van der Waals surface area contributed by atoms with Crippen LogP contribution in [0.3, 0.4) is 0 Å². The molecule has 12 nitrogen and oxygen atoms in total. The van der Waals surface area contributed by atoms with E-state index < -0.39 is 61.1 Å². The largest absolute Gasteiger partial charge is 0.480 e. The van der Waals surface area contributed by atoms with Crippen molar-refractivity contribution in [3.63, 3.8) is 0 Å². The third kappa shape index (κ3) is 5.25. The fourth-order valence-electron chi connectivity index (χ4n) is 3.83. The van der Waals surface area contributed by atoms with Crippen LogP contribution in [0.1, 0.15) is 32.6 Å². The van der Waals surface area contributed by atoms with Gasteiger partial charge >= 0.3 is 5.97 Å². The number of likely N-dealkylation sites (tertiary alicyclic amines) is 2. The van der Waals surface area contributed by atoms with Gasteiger partial charge in [-0.25, -0.2) is 4.79 Å². The molecule has 0 aromatic heterocycles. The Morgan fingerprint density at radius 3 is 1.80 bits per heavy atom. The number of carbonyl (C=O) groups excluding carboxylic acids is 4. The molecule has 0 bridgehead atoms. The number of hydrogen-bond donors (Lipinski definition) is 5. The molecule has 4 atom stereocenters. The summed E-state index contributed by atoms with van der Waals surface area (Å²) in [6.07, 6.45) is 1.86. The Hall–Kier alpha value is -2.73. The lowest BCUT2D eigenvalue weighted by atomic mass is 10.1. The number of amides is 4. The lowest BCUT2D eigenvalue weighted by Crippen LogP contribution is -2.58. The average molecular weight is 428 g/mol. The van der Waals surface area contributed by atoms with Crippen LogP contribution in [-0.4, -0.2) is 105 Å². The van der Waals surface area contributed by atoms with Gasteiger partial charge in [0.05, 0.1) is 13.2 Å². The first-order valence-corrected chi connectivity index (χ1v) is 9.84. The van der Waals surface area contributed by atoms with Gasteiger partial charge < -0.3 is 35.8 Å². The summed E-state index contributed by atoms with van der Waals surface area (Å²) in [5.74, 6) is -3.63. The smallest absolute Gasteiger partial charge is 0.328 e. The maximum Gasteiger partial charge on any atom is 0.328 e. The first kappa shape index (κ1) is 23.5. The molecule has 0 saturated carbocycles. The van der Waals surface area contributed by atoms with Crippen molar-refractivity contribution in [1.82, 2.24) is 20.4 Å². The van der Waals surface area contributed by atoms with Crippen LogP contribution in [0.5, 0.6) is 0 Å². The summed E-state index contributed by atoms with van der Waals surface area (Å²) in [6, 6.07) is -4.49. The number of nitrogens with one attached hydrogen (secondary N) is 2. The Kier molecular flexibility index (Phi) is 8.12. The van der Waals surface area contributed by atoms with E-state index in [9.17, 15) is 29.1 Å². The summed E-state index contributed by atoms with van der Waals surface area (Å²) >= 11 is 0. The summed E-state index contributed by atoms with van der Waals surface area (Å²) in [5, 5.41) is 32.3. The van der Waals surface area contributed by atoms with Crippen molar-refractivity contribution < 1.29 is 39.3 Å². The first-order chi connectivity index (χ1) is 14.2. The van der Waals surface area contributed by atoms with Crippen LogP contribution < -0.4 is 10.6 Å². The van der Waals surface area contributed by atoms with Gasteiger partial charge in [-0.05, 0) is 25.7 Å². The van der Waals surface area contributed by atoms with Crippen molar-refractivity contribution in [3.05, 3.63) is 0 Å². The molecule has 0 aliphatic carbocycles. The van der Waals surface area contributed by atoms with Crippen LogP contribution >= 0.6 is 0 Å². The van der Waals surface area contributed by atoms with E-state index in [0.717, 1.165) is 0 Å². The maximum atomic E-state index is 12.9. The quantitative estimate of drug-likeness (QED) is 0.272. The van der Waals surface area contributed by atoms with E-state index in [4.69, 9.17) is 10.2 Å². The molecular formula is C18H28N4O8. The third-order valence-corrected chi connectivity index (χ3v) is 5.39. The molecule has 30 heavy (non-hydrogen) atoms. The zero-order valence-corrected chi connectivity index (χ0v) is 16.7. The van der Waals surface area contributed by atoms with Crippen molar-refractivity contribution in [1.29, 1.82) is 0 Å². The predicted molar refractivity (Wildman–Crippen MR) is 101 cm³/mol. The monoisotopic (exact) mass is 428 g/mol. The van der Waals surface area contributed by atoms with Gasteiger partial charge in [0.25, 0.3) is 0 Å². The minimum absolute atomic E-state index is 0.198. The number of carboxylic acids is 1. The SMILES string of the molecule is CC(=O)N1CCC[C@@H]1C(=O)N[C@@H](CO)C(=O)N1CCC[C@@H]1C(=O)N[C@@H](CO)C(=O)O. The van der Waals surface area contributed by atoms with E-state index >= 15 is 0 Å². The van der Waals surface area contributed by atoms with Crippen LogP contribution in [0.2, 0.25) is 0 Å². The highest BCUT2D eigenvalue weighted by Crippen LogP contribution is 2.20. The number of carboxylic acid groups (broad SMARTS) is 1. The van der Waals surface area contributed by atoms with Crippen molar-refractivity contribution in [2.45, 2.75) is 56.8 Å². The summed E-state index contributed by atoms with van der Waals surface area (Å²) < 4.78 is 0. The number of rotatable bonds is 8. The van der Waals surface area contributed by atoms with E-state index in [0.29, 0.717) is 25.8 Å². The highest BCUT2D eigenvalue weighted by molar-refractivity contribution is 5.95. The molecule has 0 radical (unpaired) electrons. The van der Waals surface area contributed by atoms with Gasteiger partial charge in [0.2, 0.25) is 23.6 Å². The number of carbonyl (C=O) groups is 5. The van der Waals surface area contributed by atoms with E-state index in [1.807, 2.05) is 0 Å². The number of aliphatic hydroxyl groups is 2. The van der Waals surface area contributed by atoms with Crippen LogP contribution in [0.4, 0.5) is 0 Å². The maximum absolute atomic E-state index is 12.9. The minimum Gasteiger partial charge on any atom is -0.480 e. The first-order valence-electron chi connectivity index (χ1n) is 9.84. The molecule has 2 rings (SSSR count). The molecule has 2 aliphatic heterocycles. The average Bonchev–Trinajstić information content (AvgIpc) is 3.38. The Morgan fingerprint density at radius 1 is 0.867 bits per heavy atom. The van der Waals surface area contributed by atoms with Crippen molar-refractivity contribution in [2.75, 3.05) is 26.3 Å². The van der Waals surface area contributed by atoms with Gasteiger partial charge in [-0.2, -0.15) is 0 Å². The molecular weight excluding hydrogens is 400 g/mol. The lowest BCUT2D eigenvalue weighted by Gasteiger charge is -2.30. The van der Waals surface area contributed by atoms with Crippen LogP contribution in [0, 0.1) is 0 Å². The van der Waals surface area contributed by atoms with Gasteiger partial charge in [0.1, 0.15) is 24.2 Å². The zero-order valence-electron chi connectivity index (χ0n) is 16.7. The summed E-state index contributed by atoms with van der Waals surface area (Å²) in [5.41, 5.74) is 0. The third-order valence-electron chi connectivity index (χ3n) is 5.39. The van der Waals surface area contributed by atoms with Crippen LogP contribution in [-0.2, 0) is 24.0 Å². The Bertz CT molecular complexity index is 700. The number of nitrogens with zero attached hydrogens (tertiary/aromatic N) is 2. The van der Waals surface area contributed by atoms with Crippen molar-refractivity contribution in [2.24, 2.45) is 0 Å². The van der Waals surface area contributed by atoms with E-state index in [-0.39, 0.29) is 18.9 Å². The van der Waals surface area contributed by atoms with Gasteiger partial charge in [0.15, 0.2) is 0 Å². The molecule has 2 saturated heterocycles. The second-order valence-corrected chi connectivity index (χ2v) is 7.39. The topological polar surface area (TPSA) is 177 Å². The molecule has 0 aromatic rings. The second kappa shape index (κ2) is 10.3. The Labute approximate surface area is 173 Å². The van der Waals surface area contributed by atoms with Crippen LogP contribution in [0.25, 0.3) is 0 Å². The standard InChI is InChI=1S/C18H28N4O8/c1-10(25)21-6-2-4-13(21)15(26)19-11(8-23)17(28)22-7-3-5-14(22)16(27)20-12(9-24)18(29)30/h11-14,23-24H,2-9H2,1H3,(H,19,26)(H,20,27)(H,29,30)/t11-,12-,13+,14+/m0/s1. The summed E-state index contributed by atoms with van der Waals surface area (Å²) in [7, 11) is 0. The van der Waals surface area contributed by atoms with Gasteiger partial charge in [-0.15, -0.1) is 0 Å². The molecule has 4 amide bonds. The molecule has 0 aromatic carbocycles. The molecule has 12 heteroatoms. The van der Waals surface area contributed by atoms with Crippen LogP contribution in [0.15, 0.2) is 0 Å². The summed E-state index contributed by atoms with van der Waals surface area (Å²) in [4.78, 5) is 63.1. The number of hydrogen-bond acceptors (Lipinski definition) is 7. The molecule has 5 N–H and O–H groups in total. The molecule has 168 valence electrons. The second-order valence-electron chi connectivity index (χ2n) is 7.39. The Balaban J connectivity index is 2.04. The van der Waals surface area contributed by atoms with E-state index in [1.54, 1.807) is 0 Å². The zero-order chi connectivity index (χ0) is 22.4. The minimum atomic E-state index is -1.50. The number of aliphatic carboxylic acids is 1. The normalized spacial score (nSPS) is 23.0. The van der Waals surface area contributed by atoms with Gasteiger partial charge in [-0.1, -0.05) is 0 Å². The van der Waals surface area contributed by atoms with E-state index in [1.165, 1.54) is 16.7 Å².